The van der Waals surface area contributed by atoms with Crippen molar-refractivity contribution in [3.05, 3.63) is 89.4 Å². The molecule has 0 radical (unpaired) electrons. The van der Waals surface area contributed by atoms with Crippen LogP contribution in [0.1, 0.15) is 67.1 Å². The van der Waals surface area contributed by atoms with Crippen LogP contribution in [0.4, 0.5) is 0 Å². The lowest BCUT2D eigenvalue weighted by Gasteiger charge is -2.26. The number of ether oxygens (including phenoxy) is 2. The minimum Gasteiger partial charge on any atom is -0.370 e. The van der Waals surface area contributed by atoms with Crippen molar-refractivity contribution in [2.75, 3.05) is 6.61 Å². The lowest BCUT2D eigenvalue weighted by atomic mass is 10.1. The number of amides is 1. The first kappa shape index (κ1) is 26.4. The maximum Gasteiger partial charge on any atom is 0.217 e. The molecule has 0 bridgehead atoms. The molecule has 3 aromatic heterocycles. The van der Waals surface area contributed by atoms with Crippen LogP contribution in [0.15, 0.2) is 65.6 Å². The van der Waals surface area contributed by atoms with Crippen LogP contribution >= 0.6 is 0 Å². The summed E-state index contributed by atoms with van der Waals surface area (Å²) in [5, 5.41) is 4.26. The first-order chi connectivity index (χ1) is 19.0. The molecular weight excluding hydrogens is 494 g/mol. The van der Waals surface area contributed by atoms with Crippen LogP contribution in [0, 0.1) is 11.8 Å². The first-order valence-corrected chi connectivity index (χ1v) is 13.1. The Morgan fingerprint density at radius 3 is 2.69 bits per heavy atom. The van der Waals surface area contributed by atoms with E-state index < -0.39 is 0 Å². The molecule has 9 heteroatoms. The monoisotopic (exact) mass is 525 g/mol. The van der Waals surface area contributed by atoms with Gasteiger partial charge in [0.15, 0.2) is 12.1 Å². The Hall–Kier alpha value is -4.26. The molecule has 0 spiro atoms. The molecule has 1 amide bonds. The molecule has 1 saturated heterocycles. The molecule has 2 atom stereocenters. The summed E-state index contributed by atoms with van der Waals surface area (Å²) in [5.41, 5.74) is 9.38. The summed E-state index contributed by atoms with van der Waals surface area (Å²) < 4.78 is 19.5. The third-order valence-electron chi connectivity index (χ3n) is 6.47. The number of hydrogen-bond acceptors (Lipinski definition) is 7. The van der Waals surface area contributed by atoms with Crippen LogP contribution in [0.25, 0.3) is 11.3 Å². The van der Waals surface area contributed by atoms with Crippen LogP contribution in [0.3, 0.4) is 0 Å². The van der Waals surface area contributed by atoms with E-state index in [1.54, 1.807) is 12.4 Å². The highest BCUT2D eigenvalue weighted by Gasteiger charge is 2.21. The topological polar surface area (TPSA) is 118 Å². The molecule has 1 aromatic carbocycles. The fraction of sp³-hybridized carbons (Fsp3) is 0.333. The van der Waals surface area contributed by atoms with Gasteiger partial charge in [0.2, 0.25) is 5.91 Å². The number of nitrogens with zero attached hydrogens (tertiary/aromatic N) is 4. The zero-order valence-corrected chi connectivity index (χ0v) is 21.9. The number of carbonyl (C=O) groups excluding carboxylic acids is 1. The van der Waals surface area contributed by atoms with Crippen LogP contribution in [-0.4, -0.2) is 38.5 Å². The van der Waals surface area contributed by atoms with Gasteiger partial charge in [-0.05, 0) is 69.0 Å². The lowest BCUT2D eigenvalue weighted by molar-refractivity contribution is -0.188. The summed E-state index contributed by atoms with van der Waals surface area (Å²) in [6, 6.07) is 13.5. The third kappa shape index (κ3) is 7.19. The average molecular weight is 526 g/mol. The highest BCUT2D eigenvalue weighted by Crippen LogP contribution is 2.25. The number of aromatic nitrogens is 4. The summed E-state index contributed by atoms with van der Waals surface area (Å²) in [6.07, 6.45) is 8.94. The second-order valence-electron chi connectivity index (χ2n) is 9.50. The van der Waals surface area contributed by atoms with Gasteiger partial charge in [-0.1, -0.05) is 17.0 Å². The van der Waals surface area contributed by atoms with Crippen molar-refractivity contribution in [2.24, 2.45) is 5.73 Å². The van der Waals surface area contributed by atoms with Crippen molar-refractivity contribution >= 4 is 5.91 Å². The van der Waals surface area contributed by atoms with E-state index >= 15 is 0 Å². The quantitative estimate of drug-likeness (QED) is 0.322. The Labute approximate surface area is 227 Å². The fourth-order valence-electron chi connectivity index (χ4n) is 4.38. The van der Waals surface area contributed by atoms with Gasteiger partial charge in [-0.25, -0.2) is 4.98 Å². The van der Waals surface area contributed by atoms with Crippen LogP contribution in [0.5, 0.6) is 0 Å². The molecule has 9 nitrogen and oxygen atoms in total. The van der Waals surface area contributed by atoms with E-state index in [-0.39, 0.29) is 24.7 Å². The molecule has 2 N–H and O–H groups in total. The van der Waals surface area contributed by atoms with Crippen molar-refractivity contribution in [1.82, 2.24) is 19.7 Å². The fourth-order valence-corrected chi connectivity index (χ4v) is 4.38. The number of aryl methyl sites for hydroxylation is 1. The van der Waals surface area contributed by atoms with Crippen LogP contribution < -0.4 is 5.73 Å². The standard InChI is InChI=1S/C30H31N5O4/c1-21(38-29-4-2-3-17-37-29)30-32-15-16-35(30)20-26-18-27(39-34-26)24-10-7-22(8-11-24)5-6-23-9-12-25(33-19-23)13-14-28(31)36/h7-12,15-16,18-19,21,29H,2-4,13-14,17,20H2,1H3,(H2,31,36). The number of hydrogen-bond donors (Lipinski definition) is 1. The minimum absolute atomic E-state index is 0.179. The van der Waals surface area contributed by atoms with Crippen molar-refractivity contribution in [3.63, 3.8) is 0 Å². The van der Waals surface area contributed by atoms with Gasteiger partial charge in [-0.2, -0.15) is 0 Å². The zero-order valence-electron chi connectivity index (χ0n) is 21.9. The Morgan fingerprint density at radius 2 is 1.95 bits per heavy atom. The molecule has 4 aromatic rings. The van der Waals surface area contributed by atoms with E-state index in [9.17, 15) is 4.79 Å². The summed E-state index contributed by atoms with van der Waals surface area (Å²) in [6.45, 7) is 3.26. The summed E-state index contributed by atoms with van der Waals surface area (Å²) >= 11 is 0. The number of benzene rings is 1. The Bertz CT molecular complexity index is 1440. The maximum atomic E-state index is 10.9. The Kier molecular flexibility index (Phi) is 8.46. The van der Waals surface area contributed by atoms with Gasteiger partial charge in [-0.3, -0.25) is 9.78 Å². The predicted octanol–water partition coefficient (Wildman–Crippen LogP) is 4.40. The summed E-state index contributed by atoms with van der Waals surface area (Å²) in [5.74, 6) is 7.44. The van der Waals surface area contributed by atoms with Gasteiger partial charge in [-0.15, -0.1) is 0 Å². The number of imidazole rings is 1. The zero-order chi connectivity index (χ0) is 27.0. The average Bonchev–Trinajstić information content (AvgIpc) is 3.62. The highest BCUT2D eigenvalue weighted by molar-refractivity contribution is 5.73. The molecular formula is C30H31N5O4. The number of nitrogens with two attached hydrogens (primary N) is 1. The first-order valence-electron chi connectivity index (χ1n) is 13.1. The molecule has 0 aliphatic carbocycles. The van der Waals surface area contributed by atoms with Crippen molar-refractivity contribution in [2.45, 2.75) is 58.0 Å². The van der Waals surface area contributed by atoms with Gasteiger partial charge < -0.3 is 24.3 Å². The Morgan fingerprint density at radius 1 is 1.13 bits per heavy atom. The Balaban J connectivity index is 1.19. The molecule has 1 fully saturated rings. The normalized spacial score (nSPS) is 15.9. The second-order valence-corrected chi connectivity index (χ2v) is 9.50. The molecule has 2 unspecified atom stereocenters. The van der Waals surface area contributed by atoms with E-state index in [1.165, 1.54) is 0 Å². The van der Waals surface area contributed by atoms with E-state index in [4.69, 9.17) is 19.7 Å². The van der Waals surface area contributed by atoms with Gasteiger partial charge in [0.1, 0.15) is 17.6 Å². The largest absolute Gasteiger partial charge is 0.370 e. The van der Waals surface area contributed by atoms with E-state index in [0.29, 0.717) is 18.7 Å². The van der Waals surface area contributed by atoms with Crippen LogP contribution in [-0.2, 0) is 27.2 Å². The number of primary amides is 1. The van der Waals surface area contributed by atoms with Gasteiger partial charge in [0.25, 0.3) is 0 Å². The van der Waals surface area contributed by atoms with Gasteiger partial charge in [0, 0.05) is 60.1 Å². The highest BCUT2D eigenvalue weighted by atomic mass is 16.7. The molecule has 1 aliphatic rings. The van der Waals surface area contributed by atoms with E-state index in [0.717, 1.165) is 59.8 Å². The SMILES string of the molecule is CC(OC1CCCCO1)c1nccn1Cc1cc(-c2ccc(C#Cc3ccc(CCC(N)=O)nc3)cc2)on1. The molecule has 4 heterocycles. The molecule has 1 aliphatic heterocycles. The van der Waals surface area contributed by atoms with Crippen molar-refractivity contribution in [1.29, 1.82) is 0 Å². The lowest BCUT2D eigenvalue weighted by Crippen LogP contribution is -2.24. The number of carbonyl (C=O) groups is 1. The molecule has 39 heavy (non-hydrogen) atoms. The predicted molar refractivity (Wildman–Crippen MR) is 144 cm³/mol. The number of rotatable bonds is 9. The number of pyridine rings is 1. The molecule has 0 saturated carbocycles. The third-order valence-corrected chi connectivity index (χ3v) is 6.47. The minimum atomic E-state index is -0.335. The van der Waals surface area contributed by atoms with Gasteiger partial charge in [0.05, 0.1) is 6.54 Å². The molecule has 5 rings (SSSR count). The van der Waals surface area contributed by atoms with E-state index in [2.05, 4.69) is 27.0 Å². The van der Waals surface area contributed by atoms with Crippen molar-refractivity contribution < 1.29 is 18.8 Å². The maximum absolute atomic E-state index is 10.9. The molecule has 200 valence electrons. The summed E-state index contributed by atoms with van der Waals surface area (Å²) in [7, 11) is 0. The van der Waals surface area contributed by atoms with Crippen LogP contribution in [0.2, 0.25) is 0 Å². The van der Waals surface area contributed by atoms with Gasteiger partial charge >= 0.3 is 0 Å². The van der Waals surface area contributed by atoms with Crippen molar-refractivity contribution in [3.8, 4) is 23.2 Å². The second kappa shape index (κ2) is 12.5. The smallest absolute Gasteiger partial charge is 0.217 e. The van der Waals surface area contributed by atoms with E-state index in [1.807, 2.05) is 60.2 Å². The summed E-state index contributed by atoms with van der Waals surface area (Å²) in [4.78, 5) is 19.8.